The number of methoxy groups -OCH3 is 1. The maximum absolute atomic E-state index is 14.2. The lowest BCUT2D eigenvalue weighted by Gasteiger charge is -2.16. The number of amides is 1. The zero-order valence-corrected chi connectivity index (χ0v) is 16.1. The van der Waals surface area contributed by atoms with Crippen molar-refractivity contribution < 1.29 is 13.9 Å². The van der Waals surface area contributed by atoms with Crippen LogP contribution in [0.4, 0.5) is 15.8 Å². The first-order chi connectivity index (χ1) is 14.2. The third kappa shape index (κ3) is 2.80. The van der Waals surface area contributed by atoms with Gasteiger partial charge in [0.2, 0.25) is 0 Å². The number of H-pyrrole nitrogens is 1. The molecule has 1 amide bonds. The molecule has 4 heterocycles. The Labute approximate surface area is 168 Å². The molecule has 10 heteroatoms. The molecule has 29 heavy (non-hydrogen) atoms. The van der Waals surface area contributed by atoms with Crippen LogP contribution < -0.4 is 15.4 Å². The second-order valence-electron chi connectivity index (χ2n) is 6.47. The molecule has 0 fully saturated rings. The first kappa shape index (κ1) is 17.6. The van der Waals surface area contributed by atoms with Crippen LogP contribution in [0.1, 0.15) is 16.1 Å². The van der Waals surface area contributed by atoms with Crippen LogP contribution in [0.3, 0.4) is 0 Å². The number of para-hydroxylation sites is 1. The minimum absolute atomic E-state index is 0.0693. The van der Waals surface area contributed by atoms with E-state index >= 15 is 0 Å². The first-order valence-corrected chi connectivity index (χ1v) is 9.64. The van der Waals surface area contributed by atoms with Gasteiger partial charge in [0.05, 0.1) is 29.7 Å². The Morgan fingerprint density at radius 3 is 3.07 bits per heavy atom. The van der Waals surface area contributed by atoms with E-state index < -0.39 is 5.82 Å². The Bertz CT molecular complexity index is 1250. The number of carbonyl (C=O) groups is 1. The minimum Gasteiger partial charge on any atom is -0.492 e. The van der Waals surface area contributed by atoms with Gasteiger partial charge in [-0.2, -0.15) is 0 Å². The number of ether oxygens (including phenoxy) is 1. The average Bonchev–Trinajstić information content (AvgIpc) is 3.34. The van der Waals surface area contributed by atoms with Gasteiger partial charge in [0.15, 0.2) is 16.4 Å². The molecule has 0 bridgehead atoms. The number of benzene rings is 1. The van der Waals surface area contributed by atoms with Crippen molar-refractivity contribution in [1.82, 2.24) is 24.9 Å². The van der Waals surface area contributed by atoms with Crippen molar-refractivity contribution in [3.05, 3.63) is 47.5 Å². The van der Waals surface area contributed by atoms with Crippen LogP contribution in [0.5, 0.6) is 5.75 Å². The van der Waals surface area contributed by atoms with E-state index in [0.717, 1.165) is 11.3 Å². The Kier molecular flexibility index (Phi) is 4.13. The molecule has 3 aromatic heterocycles. The van der Waals surface area contributed by atoms with Crippen LogP contribution in [0.25, 0.3) is 21.6 Å². The van der Waals surface area contributed by atoms with E-state index in [1.54, 1.807) is 18.3 Å². The van der Waals surface area contributed by atoms with E-state index in [1.165, 1.54) is 24.7 Å². The molecule has 8 nitrogen and oxygen atoms in total. The summed E-state index contributed by atoms with van der Waals surface area (Å²) in [6.45, 7) is 0.540. The normalized spacial score (nSPS) is 13.2. The molecular formula is C19H15FN6O2S. The summed E-state index contributed by atoms with van der Waals surface area (Å²) in [5.41, 5.74) is 4.28. The molecule has 146 valence electrons. The Morgan fingerprint density at radius 1 is 1.31 bits per heavy atom. The highest BCUT2D eigenvalue weighted by Crippen LogP contribution is 2.41. The monoisotopic (exact) mass is 410 g/mol. The summed E-state index contributed by atoms with van der Waals surface area (Å²) >= 11 is 1.19. The van der Waals surface area contributed by atoms with Crippen LogP contribution in [0, 0.1) is 5.82 Å². The highest BCUT2D eigenvalue weighted by Gasteiger charge is 2.28. The van der Waals surface area contributed by atoms with Crippen molar-refractivity contribution in [3.63, 3.8) is 0 Å². The van der Waals surface area contributed by atoms with E-state index in [-0.39, 0.29) is 11.7 Å². The SMILES string of the molecule is COc1c(F)cccc1Nc1c(-c2ccnc3snnc23)[nH]c2c1C(=O)NCC2. The molecule has 0 saturated heterocycles. The number of pyridine rings is 1. The van der Waals surface area contributed by atoms with Gasteiger partial charge in [-0.3, -0.25) is 4.79 Å². The molecule has 3 N–H and O–H groups in total. The van der Waals surface area contributed by atoms with Crippen molar-refractivity contribution in [1.29, 1.82) is 0 Å². The summed E-state index contributed by atoms with van der Waals surface area (Å²) < 4.78 is 23.4. The van der Waals surface area contributed by atoms with Crippen LogP contribution in [0.15, 0.2) is 30.5 Å². The zero-order valence-electron chi connectivity index (χ0n) is 15.2. The quantitative estimate of drug-likeness (QED) is 0.477. The predicted octanol–water partition coefficient (Wildman–Crippen LogP) is 3.26. The van der Waals surface area contributed by atoms with Gasteiger partial charge in [0.25, 0.3) is 5.91 Å². The second kappa shape index (κ2) is 6.82. The van der Waals surface area contributed by atoms with Gasteiger partial charge in [0.1, 0.15) is 5.52 Å². The van der Waals surface area contributed by atoms with Crippen LogP contribution in [-0.4, -0.2) is 39.1 Å². The minimum atomic E-state index is -0.497. The van der Waals surface area contributed by atoms with Crippen LogP contribution in [0.2, 0.25) is 0 Å². The predicted molar refractivity (Wildman–Crippen MR) is 107 cm³/mol. The van der Waals surface area contributed by atoms with Gasteiger partial charge in [0, 0.05) is 42.0 Å². The van der Waals surface area contributed by atoms with Crippen molar-refractivity contribution in [2.45, 2.75) is 6.42 Å². The Morgan fingerprint density at radius 2 is 2.21 bits per heavy atom. The standard InChI is InChI=1S/C19H15FN6O2S/c1-28-17-10(20)3-2-4-12(17)24-16-13-11(6-8-21-18(13)27)23-14(16)9-5-7-22-19-15(9)25-26-29-19/h2-5,7,23-24H,6,8H2,1H3,(H,21,27). The molecule has 5 rings (SSSR count). The number of nitrogens with one attached hydrogen (secondary N) is 3. The van der Waals surface area contributed by atoms with E-state index in [4.69, 9.17) is 4.74 Å². The maximum atomic E-state index is 14.2. The average molecular weight is 410 g/mol. The van der Waals surface area contributed by atoms with Gasteiger partial charge in [-0.15, -0.1) is 5.10 Å². The molecule has 0 atom stereocenters. The topological polar surface area (TPSA) is 105 Å². The fourth-order valence-electron chi connectivity index (χ4n) is 3.56. The van der Waals surface area contributed by atoms with Gasteiger partial charge in [-0.1, -0.05) is 10.6 Å². The van der Waals surface area contributed by atoms with Gasteiger partial charge in [-0.25, -0.2) is 9.37 Å². The second-order valence-corrected chi connectivity index (χ2v) is 7.20. The van der Waals surface area contributed by atoms with Crippen molar-refractivity contribution in [2.24, 2.45) is 0 Å². The van der Waals surface area contributed by atoms with Crippen molar-refractivity contribution in [2.75, 3.05) is 19.0 Å². The van der Waals surface area contributed by atoms with E-state index in [1.807, 2.05) is 6.07 Å². The summed E-state index contributed by atoms with van der Waals surface area (Å²) in [4.78, 5) is 21.0. The molecule has 1 aromatic carbocycles. The van der Waals surface area contributed by atoms with Crippen LogP contribution >= 0.6 is 11.5 Å². The molecule has 4 aromatic rings. The number of fused-ring (bicyclic) bond motifs is 2. The number of halogens is 1. The number of nitrogens with zero attached hydrogens (tertiary/aromatic N) is 3. The summed E-state index contributed by atoms with van der Waals surface area (Å²) in [5.74, 6) is -0.629. The van der Waals surface area contributed by atoms with Crippen molar-refractivity contribution in [3.8, 4) is 17.0 Å². The summed E-state index contributed by atoms with van der Waals surface area (Å²) in [7, 11) is 1.40. The lowest BCUT2D eigenvalue weighted by Crippen LogP contribution is -2.31. The summed E-state index contributed by atoms with van der Waals surface area (Å²) in [5, 5.41) is 10.3. The smallest absolute Gasteiger partial charge is 0.255 e. The fraction of sp³-hybridized carbons (Fsp3) is 0.158. The highest BCUT2D eigenvalue weighted by atomic mass is 32.1. The number of anilines is 2. The third-order valence-corrected chi connectivity index (χ3v) is 5.46. The van der Waals surface area contributed by atoms with Gasteiger partial charge >= 0.3 is 0 Å². The first-order valence-electron chi connectivity index (χ1n) is 8.87. The maximum Gasteiger partial charge on any atom is 0.255 e. The molecule has 1 aliphatic rings. The molecule has 0 spiro atoms. The van der Waals surface area contributed by atoms with E-state index in [2.05, 4.69) is 30.2 Å². The fourth-order valence-corrected chi connectivity index (χ4v) is 4.10. The van der Waals surface area contributed by atoms with E-state index in [9.17, 15) is 9.18 Å². The lowest BCUT2D eigenvalue weighted by atomic mass is 10.0. The highest BCUT2D eigenvalue weighted by molar-refractivity contribution is 7.12. The lowest BCUT2D eigenvalue weighted by molar-refractivity contribution is 0.0947. The van der Waals surface area contributed by atoms with E-state index in [0.29, 0.717) is 45.9 Å². The molecule has 0 saturated carbocycles. The Balaban J connectivity index is 1.74. The van der Waals surface area contributed by atoms with Crippen molar-refractivity contribution >= 4 is 39.2 Å². The number of hydrogen-bond acceptors (Lipinski definition) is 7. The number of rotatable bonds is 4. The number of aromatic amines is 1. The summed E-state index contributed by atoms with van der Waals surface area (Å²) in [6.07, 6.45) is 2.32. The third-order valence-electron chi connectivity index (χ3n) is 4.82. The number of aromatic nitrogens is 4. The summed E-state index contributed by atoms with van der Waals surface area (Å²) in [6, 6.07) is 6.40. The molecular weight excluding hydrogens is 395 g/mol. The van der Waals surface area contributed by atoms with Gasteiger partial charge in [-0.05, 0) is 18.2 Å². The molecule has 0 radical (unpaired) electrons. The number of hydrogen-bond donors (Lipinski definition) is 3. The molecule has 0 unspecified atom stereocenters. The van der Waals surface area contributed by atoms with Gasteiger partial charge < -0.3 is 20.4 Å². The van der Waals surface area contributed by atoms with Crippen LogP contribution in [-0.2, 0) is 6.42 Å². The largest absolute Gasteiger partial charge is 0.492 e. The number of carbonyl (C=O) groups excluding carboxylic acids is 1. The molecule has 1 aliphatic heterocycles. The Hall–Kier alpha value is -3.53. The molecule has 0 aliphatic carbocycles. The zero-order chi connectivity index (χ0) is 20.0.